The molecule has 0 radical (unpaired) electrons. The summed E-state index contributed by atoms with van der Waals surface area (Å²) in [5.74, 6) is -0.842. The van der Waals surface area contributed by atoms with Crippen LogP contribution < -0.4 is 0 Å². The lowest BCUT2D eigenvalue weighted by atomic mass is 10.2. The van der Waals surface area contributed by atoms with Crippen molar-refractivity contribution in [2.24, 2.45) is 0 Å². The molecule has 0 saturated carbocycles. The molecule has 0 aromatic heterocycles. The standard InChI is InChI=1S/C11H10FNO2/c12-13(8-9-14)11(15)7-6-10-4-2-1-3-5-10/h1-7,9H,8H2/b7-6+. The Morgan fingerprint density at radius 2 is 2.00 bits per heavy atom. The van der Waals surface area contributed by atoms with Crippen LogP contribution in [0.5, 0.6) is 0 Å². The third kappa shape index (κ3) is 3.72. The molecule has 0 bridgehead atoms. The molecule has 0 aliphatic rings. The summed E-state index contributed by atoms with van der Waals surface area (Å²) in [6.07, 6.45) is 2.90. The SMILES string of the molecule is O=CCN(F)C(=O)/C=C/c1ccccc1. The summed E-state index contributed by atoms with van der Waals surface area (Å²) < 4.78 is 12.7. The molecule has 0 spiro atoms. The Labute approximate surface area is 86.8 Å². The Bertz CT molecular complexity index is 362. The van der Waals surface area contributed by atoms with Crippen LogP contribution in [0, 0.1) is 0 Å². The van der Waals surface area contributed by atoms with Crippen molar-refractivity contribution >= 4 is 18.3 Å². The van der Waals surface area contributed by atoms with Gasteiger partial charge in [0.1, 0.15) is 12.8 Å². The molecule has 0 unspecified atom stereocenters. The molecule has 4 heteroatoms. The van der Waals surface area contributed by atoms with Crippen LogP contribution in [0.2, 0.25) is 0 Å². The number of aldehydes is 1. The minimum atomic E-state index is -0.842. The second-order valence-corrected chi connectivity index (χ2v) is 2.79. The van der Waals surface area contributed by atoms with Crippen molar-refractivity contribution in [3.8, 4) is 0 Å². The smallest absolute Gasteiger partial charge is 0.274 e. The largest absolute Gasteiger partial charge is 0.301 e. The Morgan fingerprint density at radius 3 is 2.60 bits per heavy atom. The second kappa shape index (κ2) is 5.70. The van der Waals surface area contributed by atoms with Crippen molar-refractivity contribution in [1.82, 2.24) is 5.12 Å². The second-order valence-electron chi connectivity index (χ2n) is 2.79. The molecule has 0 aliphatic carbocycles. The Hall–Kier alpha value is -1.97. The third-order valence-corrected chi connectivity index (χ3v) is 1.69. The highest BCUT2D eigenvalue weighted by Crippen LogP contribution is 2.01. The van der Waals surface area contributed by atoms with Gasteiger partial charge in [0.25, 0.3) is 5.91 Å². The van der Waals surface area contributed by atoms with E-state index in [9.17, 15) is 14.1 Å². The van der Waals surface area contributed by atoms with E-state index in [1.165, 1.54) is 6.08 Å². The topological polar surface area (TPSA) is 37.4 Å². The molecule has 78 valence electrons. The minimum Gasteiger partial charge on any atom is -0.301 e. The maximum atomic E-state index is 12.7. The lowest BCUT2D eigenvalue weighted by molar-refractivity contribution is -0.142. The lowest BCUT2D eigenvalue weighted by Gasteiger charge is -2.03. The van der Waals surface area contributed by atoms with E-state index in [2.05, 4.69) is 0 Å². The van der Waals surface area contributed by atoms with Crippen LogP contribution in [-0.2, 0) is 9.59 Å². The van der Waals surface area contributed by atoms with Crippen molar-refractivity contribution in [3.63, 3.8) is 0 Å². The minimum absolute atomic E-state index is 0.146. The fourth-order valence-electron chi connectivity index (χ4n) is 0.968. The summed E-state index contributed by atoms with van der Waals surface area (Å²) in [6.45, 7) is -0.544. The zero-order chi connectivity index (χ0) is 11.1. The molecule has 0 atom stereocenters. The molecule has 3 nitrogen and oxygen atoms in total. The highest BCUT2D eigenvalue weighted by atomic mass is 19.2. The van der Waals surface area contributed by atoms with E-state index in [0.29, 0.717) is 6.29 Å². The Kier molecular flexibility index (Phi) is 4.22. The first kappa shape index (κ1) is 11.1. The van der Waals surface area contributed by atoms with Gasteiger partial charge in [-0.15, -0.1) is 0 Å². The van der Waals surface area contributed by atoms with Gasteiger partial charge in [-0.2, -0.15) is 5.12 Å². The normalized spacial score (nSPS) is 10.2. The molecule has 1 amide bonds. The van der Waals surface area contributed by atoms with Crippen LogP contribution >= 0.6 is 0 Å². The van der Waals surface area contributed by atoms with Gasteiger partial charge in [-0.3, -0.25) is 4.79 Å². The van der Waals surface area contributed by atoms with E-state index in [4.69, 9.17) is 0 Å². The highest BCUT2D eigenvalue weighted by molar-refractivity contribution is 5.91. The quantitative estimate of drug-likeness (QED) is 0.427. The maximum Gasteiger partial charge on any atom is 0.274 e. The Balaban J connectivity index is 2.58. The van der Waals surface area contributed by atoms with Crippen LogP contribution in [0.4, 0.5) is 4.48 Å². The van der Waals surface area contributed by atoms with Crippen molar-refractivity contribution in [2.75, 3.05) is 6.54 Å². The first-order valence-electron chi connectivity index (χ1n) is 4.38. The van der Waals surface area contributed by atoms with E-state index in [0.717, 1.165) is 11.6 Å². The molecule has 0 aliphatic heterocycles. The molecule has 1 aromatic rings. The van der Waals surface area contributed by atoms with Crippen molar-refractivity contribution < 1.29 is 14.1 Å². The number of hydrogen-bond donors (Lipinski definition) is 0. The fourth-order valence-corrected chi connectivity index (χ4v) is 0.968. The van der Waals surface area contributed by atoms with E-state index in [1.54, 1.807) is 12.1 Å². The predicted molar refractivity (Wildman–Crippen MR) is 54.4 cm³/mol. The average molecular weight is 207 g/mol. The van der Waals surface area contributed by atoms with Gasteiger partial charge in [0.15, 0.2) is 0 Å². The zero-order valence-corrected chi connectivity index (χ0v) is 7.97. The summed E-state index contributed by atoms with van der Waals surface area (Å²) >= 11 is 0. The summed E-state index contributed by atoms with van der Waals surface area (Å²) in [7, 11) is 0. The van der Waals surface area contributed by atoms with Gasteiger partial charge in [-0.25, -0.2) is 0 Å². The molecular formula is C11H10FNO2. The van der Waals surface area contributed by atoms with E-state index < -0.39 is 12.5 Å². The van der Waals surface area contributed by atoms with E-state index in [1.807, 2.05) is 18.2 Å². The molecule has 0 N–H and O–H groups in total. The van der Waals surface area contributed by atoms with Gasteiger partial charge in [0, 0.05) is 6.08 Å². The molecule has 1 rings (SSSR count). The number of amides is 1. The molecular weight excluding hydrogens is 197 g/mol. The van der Waals surface area contributed by atoms with Gasteiger partial charge in [0.2, 0.25) is 0 Å². The summed E-state index contributed by atoms with van der Waals surface area (Å²) in [6, 6.07) is 9.02. The molecule has 0 fully saturated rings. The van der Waals surface area contributed by atoms with Gasteiger partial charge in [-0.05, 0) is 11.6 Å². The van der Waals surface area contributed by atoms with Crippen LogP contribution in [0.3, 0.4) is 0 Å². The van der Waals surface area contributed by atoms with Gasteiger partial charge >= 0.3 is 0 Å². The van der Waals surface area contributed by atoms with Crippen molar-refractivity contribution in [2.45, 2.75) is 0 Å². The number of nitrogens with zero attached hydrogens (tertiary/aromatic N) is 1. The van der Waals surface area contributed by atoms with Gasteiger partial charge in [0.05, 0.1) is 0 Å². The van der Waals surface area contributed by atoms with Crippen LogP contribution in [0.1, 0.15) is 5.56 Å². The number of benzene rings is 1. The number of carbonyl (C=O) groups excluding carboxylic acids is 2. The summed E-state index contributed by atoms with van der Waals surface area (Å²) in [5, 5.41) is -0.146. The fraction of sp³-hybridized carbons (Fsp3) is 0.0909. The molecule has 1 aromatic carbocycles. The lowest BCUT2D eigenvalue weighted by Crippen LogP contribution is -2.22. The first-order chi connectivity index (χ1) is 7.24. The van der Waals surface area contributed by atoms with Gasteiger partial charge < -0.3 is 4.79 Å². The highest BCUT2D eigenvalue weighted by Gasteiger charge is 2.06. The predicted octanol–water partition coefficient (Wildman–Crippen LogP) is 1.61. The van der Waals surface area contributed by atoms with Gasteiger partial charge in [-0.1, -0.05) is 34.8 Å². The van der Waals surface area contributed by atoms with E-state index in [-0.39, 0.29) is 5.12 Å². The number of hydrogen-bond acceptors (Lipinski definition) is 2. The number of halogens is 1. The number of carbonyl (C=O) groups is 2. The number of rotatable bonds is 4. The van der Waals surface area contributed by atoms with Crippen molar-refractivity contribution in [1.29, 1.82) is 0 Å². The molecule has 0 heterocycles. The van der Waals surface area contributed by atoms with Crippen LogP contribution in [0.15, 0.2) is 36.4 Å². The molecule has 0 saturated heterocycles. The van der Waals surface area contributed by atoms with Crippen LogP contribution in [0.25, 0.3) is 6.08 Å². The third-order valence-electron chi connectivity index (χ3n) is 1.69. The van der Waals surface area contributed by atoms with Crippen molar-refractivity contribution in [3.05, 3.63) is 42.0 Å². The maximum absolute atomic E-state index is 12.7. The average Bonchev–Trinajstić information content (AvgIpc) is 2.27. The monoisotopic (exact) mass is 207 g/mol. The van der Waals surface area contributed by atoms with Crippen LogP contribution in [-0.4, -0.2) is 23.9 Å². The summed E-state index contributed by atoms with van der Waals surface area (Å²) in [4.78, 5) is 20.9. The summed E-state index contributed by atoms with van der Waals surface area (Å²) in [5.41, 5.74) is 0.797. The molecule has 15 heavy (non-hydrogen) atoms. The van der Waals surface area contributed by atoms with E-state index >= 15 is 0 Å². The first-order valence-corrected chi connectivity index (χ1v) is 4.38. The Morgan fingerprint density at radius 1 is 1.33 bits per heavy atom. The zero-order valence-electron chi connectivity index (χ0n) is 7.97.